The van der Waals surface area contributed by atoms with Crippen molar-refractivity contribution < 1.29 is 0 Å². The van der Waals surface area contributed by atoms with E-state index in [0.717, 1.165) is 11.4 Å². The molecule has 0 saturated heterocycles. The van der Waals surface area contributed by atoms with Gasteiger partial charge >= 0.3 is 0 Å². The van der Waals surface area contributed by atoms with E-state index in [4.69, 9.17) is 5.26 Å². The van der Waals surface area contributed by atoms with Gasteiger partial charge in [-0.15, -0.1) is 0 Å². The average Bonchev–Trinajstić information content (AvgIpc) is 2.71. The van der Waals surface area contributed by atoms with Crippen molar-refractivity contribution in [1.29, 1.82) is 5.26 Å². The lowest BCUT2D eigenvalue weighted by Gasteiger charge is -1.98. The zero-order chi connectivity index (χ0) is 9.80. The van der Waals surface area contributed by atoms with Crippen molar-refractivity contribution in [2.45, 2.75) is 0 Å². The number of aromatic nitrogens is 3. The molecule has 2 heterocycles. The number of hydrogen-bond acceptors (Lipinski definition) is 4. The van der Waals surface area contributed by atoms with Crippen LogP contribution in [0, 0.1) is 11.5 Å². The van der Waals surface area contributed by atoms with Crippen LogP contribution in [0.25, 0.3) is 11.4 Å². The fourth-order valence-electron chi connectivity index (χ4n) is 1.11. The lowest BCUT2D eigenvalue weighted by Crippen LogP contribution is -1.96. The van der Waals surface area contributed by atoms with Gasteiger partial charge in [0.2, 0.25) is 5.95 Å². The zero-order valence-electron chi connectivity index (χ0n) is 7.23. The number of nitriles is 1. The first-order chi connectivity index (χ1) is 6.90. The van der Waals surface area contributed by atoms with Gasteiger partial charge in [0.15, 0.2) is 6.19 Å². The molecule has 0 saturated carbocycles. The Labute approximate surface area is 80.4 Å². The minimum Gasteiger partial charge on any atom is -0.360 e. The van der Waals surface area contributed by atoms with Crippen molar-refractivity contribution in [2.75, 3.05) is 5.32 Å². The highest BCUT2D eigenvalue weighted by Gasteiger charge is 2.01. The van der Waals surface area contributed by atoms with Crippen LogP contribution in [-0.2, 0) is 0 Å². The molecule has 2 aromatic rings. The zero-order valence-corrected chi connectivity index (χ0v) is 7.23. The van der Waals surface area contributed by atoms with E-state index in [9.17, 15) is 0 Å². The van der Waals surface area contributed by atoms with E-state index in [-0.39, 0.29) is 0 Å². The number of rotatable bonds is 2. The van der Waals surface area contributed by atoms with Gasteiger partial charge in [-0.1, -0.05) is 0 Å². The standard InChI is InChI=1S/C9H7N5/c10-6-13-9-12-5-3-8(14-9)7-2-1-4-11-7/h1-5,11H,(H,12,13,14). The van der Waals surface area contributed by atoms with Gasteiger partial charge in [-0.3, -0.25) is 5.32 Å². The number of nitrogens with one attached hydrogen (secondary N) is 2. The molecular weight excluding hydrogens is 178 g/mol. The van der Waals surface area contributed by atoms with Gasteiger partial charge in [-0.05, 0) is 18.2 Å². The van der Waals surface area contributed by atoms with Crippen LogP contribution in [0.4, 0.5) is 5.95 Å². The predicted molar refractivity (Wildman–Crippen MR) is 51.1 cm³/mol. The summed E-state index contributed by atoms with van der Waals surface area (Å²) in [7, 11) is 0. The number of nitrogens with zero attached hydrogens (tertiary/aromatic N) is 3. The predicted octanol–water partition coefficient (Wildman–Crippen LogP) is 1.36. The van der Waals surface area contributed by atoms with Crippen molar-refractivity contribution in [3.8, 4) is 17.6 Å². The van der Waals surface area contributed by atoms with Crippen LogP contribution in [0.15, 0.2) is 30.6 Å². The summed E-state index contributed by atoms with van der Waals surface area (Å²) in [6.07, 6.45) is 5.19. The third-order valence-corrected chi connectivity index (χ3v) is 1.70. The Kier molecular flexibility index (Phi) is 2.11. The molecule has 0 aliphatic carbocycles. The number of anilines is 1. The molecule has 5 nitrogen and oxygen atoms in total. The fraction of sp³-hybridized carbons (Fsp3) is 0. The largest absolute Gasteiger partial charge is 0.360 e. The smallest absolute Gasteiger partial charge is 0.236 e. The van der Waals surface area contributed by atoms with Gasteiger partial charge in [0.05, 0.1) is 11.4 Å². The van der Waals surface area contributed by atoms with Crippen molar-refractivity contribution in [3.05, 3.63) is 30.6 Å². The van der Waals surface area contributed by atoms with Gasteiger partial charge in [-0.25, -0.2) is 9.97 Å². The molecule has 0 unspecified atom stereocenters. The molecular formula is C9H7N5. The Morgan fingerprint density at radius 3 is 3.07 bits per heavy atom. The van der Waals surface area contributed by atoms with Gasteiger partial charge in [0.1, 0.15) is 0 Å². The summed E-state index contributed by atoms with van der Waals surface area (Å²) in [5, 5.41) is 10.8. The van der Waals surface area contributed by atoms with Crippen LogP contribution >= 0.6 is 0 Å². The van der Waals surface area contributed by atoms with Crippen LogP contribution in [0.1, 0.15) is 0 Å². The SMILES string of the molecule is N#CNc1nccc(-c2ccc[nH]2)n1. The summed E-state index contributed by atoms with van der Waals surface area (Å²) in [6.45, 7) is 0. The molecule has 14 heavy (non-hydrogen) atoms. The Balaban J connectivity index is 2.37. The highest BCUT2D eigenvalue weighted by atomic mass is 15.1. The summed E-state index contributed by atoms with van der Waals surface area (Å²) >= 11 is 0. The fourth-order valence-corrected chi connectivity index (χ4v) is 1.11. The lowest BCUT2D eigenvalue weighted by atomic mass is 10.3. The topological polar surface area (TPSA) is 77.4 Å². The molecule has 2 N–H and O–H groups in total. The second-order valence-electron chi connectivity index (χ2n) is 2.59. The first-order valence-corrected chi connectivity index (χ1v) is 4.02. The normalized spacial score (nSPS) is 9.36. The molecule has 0 amide bonds. The maximum Gasteiger partial charge on any atom is 0.236 e. The van der Waals surface area contributed by atoms with Crippen LogP contribution < -0.4 is 5.32 Å². The Morgan fingerprint density at radius 1 is 1.43 bits per heavy atom. The van der Waals surface area contributed by atoms with E-state index < -0.39 is 0 Å². The molecule has 0 spiro atoms. The quantitative estimate of drug-likeness (QED) is 0.547. The first-order valence-electron chi connectivity index (χ1n) is 4.02. The van der Waals surface area contributed by atoms with Gasteiger partial charge in [0, 0.05) is 12.4 Å². The number of aromatic amines is 1. The van der Waals surface area contributed by atoms with Crippen molar-refractivity contribution in [3.63, 3.8) is 0 Å². The molecule has 0 bridgehead atoms. The highest BCUT2D eigenvalue weighted by molar-refractivity contribution is 5.55. The van der Waals surface area contributed by atoms with Gasteiger partial charge in [-0.2, -0.15) is 5.26 Å². The molecule has 0 fully saturated rings. The molecule has 68 valence electrons. The molecule has 2 aromatic heterocycles. The molecule has 0 aliphatic rings. The lowest BCUT2D eigenvalue weighted by molar-refractivity contribution is 1.16. The monoisotopic (exact) mass is 185 g/mol. The van der Waals surface area contributed by atoms with Crippen LogP contribution in [0.3, 0.4) is 0 Å². The summed E-state index contributed by atoms with van der Waals surface area (Å²) < 4.78 is 0. The summed E-state index contributed by atoms with van der Waals surface area (Å²) in [5.41, 5.74) is 1.65. The molecule has 0 aromatic carbocycles. The van der Waals surface area contributed by atoms with E-state index in [1.807, 2.05) is 18.3 Å². The number of H-pyrrole nitrogens is 1. The van der Waals surface area contributed by atoms with Gasteiger partial charge < -0.3 is 4.98 Å². The van der Waals surface area contributed by atoms with E-state index in [2.05, 4.69) is 20.3 Å². The van der Waals surface area contributed by atoms with E-state index >= 15 is 0 Å². The second kappa shape index (κ2) is 3.58. The van der Waals surface area contributed by atoms with Crippen molar-refractivity contribution in [1.82, 2.24) is 15.0 Å². The minimum absolute atomic E-state index is 0.305. The van der Waals surface area contributed by atoms with E-state index in [1.165, 1.54) is 0 Å². The first kappa shape index (κ1) is 8.26. The molecule has 0 atom stereocenters. The third kappa shape index (κ3) is 1.54. The van der Waals surface area contributed by atoms with Crippen molar-refractivity contribution in [2.24, 2.45) is 0 Å². The Hall–Kier alpha value is -2.35. The third-order valence-electron chi connectivity index (χ3n) is 1.70. The second-order valence-corrected chi connectivity index (χ2v) is 2.59. The van der Waals surface area contributed by atoms with E-state index in [1.54, 1.807) is 18.5 Å². The summed E-state index contributed by atoms with van der Waals surface area (Å²) in [4.78, 5) is 11.0. The molecule has 0 radical (unpaired) electrons. The minimum atomic E-state index is 0.305. The maximum absolute atomic E-state index is 8.39. The summed E-state index contributed by atoms with van der Waals surface area (Å²) in [6, 6.07) is 5.56. The van der Waals surface area contributed by atoms with Crippen LogP contribution in [0.2, 0.25) is 0 Å². The van der Waals surface area contributed by atoms with Gasteiger partial charge in [0.25, 0.3) is 0 Å². The summed E-state index contributed by atoms with van der Waals surface area (Å²) in [5.74, 6) is 0.305. The average molecular weight is 185 g/mol. The van der Waals surface area contributed by atoms with Crippen LogP contribution in [-0.4, -0.2) is 15.0 Å². The molecule has 2 rings (SSSR count). The van der Waals surface area contributed by atoms with Crippen LogP contribution in [0.5, 0.6) is 0 Å². The molecule has 5 heteroatoms. The maximum atomic E-state index is 8.39. The van der Waals surface area contributed by atoms with E-state index in [0.29, 0.717) is 5.95 Å². The van der Waals surface area contributed by atoms with Crippen molar-refractivity contribution >= 4 is 5.95 Å². The Bertz CT molecular complexity index is 454. The Morgan fingerprint density at radius 2 is 2.36 bits per heavy atom. The molecule has 0 aliphatic heterocycles. The number of hydrogen-bond donors (Lipinski definition) is 2. The highest BCUT2D eigenvalue weighted by Crippen LogP contribution is 2.14.